The number of hydrogen-bond donors (Lipinski definition) is 0. The standard InChI is InChI=1S/C13H10ClFN2O2/c1-7-11(15)12(14)17-13(16-7)10-6-18-8-4-2-3-5-9(8)19-10/h2-5,10H,6H2,1H3. The zero-order valence-electron chi connectivity index (χ0n) is 10.1. The summed E-state index contributed by atoms with van der Waals surface area (Å²) in [6.07, 6.45) is -0.494. The number of benzene rings is 1. The molecule has 6 heteroatoms. The maximum atomic E-state index is 13.4. The molecule has 4 nitrogen and oxygen atoms in total. The van der Waals surface area contributed by atoms with E-state index in [2.05, 4.69) is 9.97 Å². The van der Waals surface area contributed by atoms with Gasteiger partial charge in [-0.05, 0) is 19.1 Å². The van der Waals surface area contributed by atoms with Crippen LogP contribution < -0.4 is 9.47 Å². The molecule has 0 saturated carbocycles. The highest BCUT2D eigenvalue weighted by molar-refractivity contribution is 6.29. The van der Waals surface area contributed by atoms with E-state index in [0.717, 1.165) is 0 Å². The molecule has 1 unspecified atom stereocenters. The average Bonchev–Trinajstić information content (AvgIpc) is 2.43. The Bertz CT molecular complexity index is 613. The Morgan fingerprint density at radius 1 is 1.26 bits per heavy atom. The van der Waals surface area contributed by atoms with Gasteiger partial charge in [-0.15, -0.1) is 0 Å². The molecule has 0 fully saturated rings. The van der Waals surface area contributed by atoms with Gasteiger partial charge in [-0.25, -0.2) is 14.4 Å². The second-order valence-corrected chi connectivity index (χ2v) is 4.49. The fourth-order valence-corrected chi connectivity index (χ4v) is 2.06. The van der Waals surface area contributed by atoms with Gasteiger partial charge in [0, 0.05) is 0 Å². The Morgan fingerprint density at radius 2 is 2.00 bits per heavy atom. The highest BCUT2D eigenvalue weighted by Crippen LogP contribution is 2.35. The van der Waals surface area contributed by atoms with Crippen LogP contribution in [0.4, 0.5) is 4.39 Å². The first-order valence-electron chi connectivity index (χ1n) is 5.73. The van der Waals surface area contributed by atoms with Crippen LogP contribution in [0.2, 0.25) is 5.15 Å². The molecule has 2 aromatic rings. The normalized spacial score (nSPS) is 17.3. The molecule has 0 radical (unpaired) electrons. The molecule has 1 aromatic heterocycles. The number of ether oxygens (including phenoxy) is 2. The lowest BCUT2D eigenvalue weighted by atomic mass is 10.2. The molecular formula is C13H10ClFN2O2. The van der Waals surface area contributed by atoms with E-state index in [0.29, 0.717) is 17.3 Å². The van der Waals surface area contributed by atoms with E-state index in [9.17, 15) is 4.39 Å². The van der Waals surface area contributed by atoms with Crippen LogP contribution >= 0.6 is 11.6 Å². The summed E-state index contributed by atoms with van der Waals surface area (Å²) in [4.78, 5) is 7.96. The minimum Gasteiger partial charge on any atom is -0.485 e. The molecule has 0 aliphatic carbocycles. The summed E-state index contributed by atoms with van der Waals surface area (Å²) in [5.74, 6) is 0.991. The molecule has 3 rings (SSSR count). The van der Waals surface area contributed by atoms with Crippen molar-refractivity contribution in [3.8, 4) is 11.5 Å². The Morgan fingerprint density at radius 3 is 2.74 bits per heavy atom. The number of hydrogen-bond acceptors (Lipinski definition) is 4. The summed E-state index contributed by atoms with van der Waals surface area (Å²) < 4.78 is 24.7. The van der Waals surface area contributed by atoms with Gasteiger partial charge in [0.2, 0.25) is 0 Å². The van der Waals surface area contributed by atoms with Crippen LogP contribution in [0.25, 0.3) is 0 Å². The number of para-hydroxylation sites is 2. The molecule has 0 amide bonds. The van der Waals surface area contributed by atoms with E-state index in [1.165, 1.54) is 6.92 Å². The van der Waals surface area contributed by atoms with Crippen LogP contribution in [0.1, 0.15) is 17.6 Å². The van der Waals surface area contributed by atoms with E-state index in [1.54, 1.807) is 6.07 Å². The van der Waals surface area contributed by atoms with Crippen molar-refractivity contribution in [2.45, 2.75) is 13.0 Å². The third-order valence-corrected chi connectivity index (χ3v) is 3.04. The first-order chi connectivity index (χ1) is 9.15. The van der Waals surface area contributed by atoms with Crippen molar-refractivity contribution >= 4 is 11.6 Å². The quantitative estimate of drug-likeness (QED) is 0.753. The van der Waals surface area contributed by atoms with Crippen molar-refractivity contribution in [2.24, 2.45) is 0 Å². The number of fused-ring (bicyclic) bond motifs is 1. The minimum absolute atomic E-state index is 0.192. The zero-order valence-corrected chi connectivity index (χ0v) is 10.8. The predicted octanol–water partition coefficient (Wildman–Crippen LogP) is 3.09. The number of aromatic nitrogens is 2. The van der Waals surface area contributed by atoms with E-state index in [4.69, 9.17) is 21.1 Å². The third-order valence-electron chi connectivity index (χ3n) is 2.79. The highest BCUT2D eigenvalue weighted by atomic mass is 35.5. The topological polar surface area (TPSA) is 44.2 Å². The molecule has 1 atom stereocenters. The monoisotopic (exact) mass is 280 g/mol. The van der Waals surface area contributed by atoms with E-state index >= 15 is 0 Å². The minimum atomic E-state index is -0.609. The van der Waals surface area contributed by atoms with Crippen LogP contribution in [0.5, 0.6) is 11.5 Å². The van der Waals surface area contributed by atoms with Gasteiger partial charge in [-0.2, -0.15) is 0 Å². The molecule has 1 aliphatic rings. The first kappa shape index (κ1) is 12.2. The van der Waals surface area contributed by atoms with Crippen molar-refractivity contribution in [1.29, 1.82) is 0 Å². The fourth-order valence-electron chi connectivity index (χ4n) is 1.84. The fraction of sp³-hybridized carbons (Fsp3) is 0.231. The lowest BCUT2D eigenvalue weighted by molar-refractivity contribution is 0.0847. The van der Waals surface area contributed by atoms with Crippen molar-refractivity contribution in [2.75, 3.05) is 6.61 Å². The van der Waals surface area contributed by atoms with Crippen LogP contribution in [-0.2, 0) is 0 Å². The van der Waals surface area contributed by atoms with E-state index < -0.39 is 11.9 Å². The SMILES string of the molecule is Cc1nc(C2COc3ccccc3O2)nc(Cl)c1F. The molecule has 0 bridgehead atoms. The van der Waals surface area contributed by atoms with Gasteiger partial charge in [0.05, 0.1) is 5.69 Å². The predicted molar refractivity (Wildman–Crippen MR) is 67.0 cm³/mol. The Hall–Kier alpha value is -1.88. The van der Waals surface area contributed by atoms with Crippen molar-refractivity contribution in [3.05, 3.63) is 46.8 Å². The molecular weight excluding hydrogens is 271 g/mol. The summed E-state index contributed by atoms with van der Waals surface area (Å²) in [5, 5.41) is -0.204. The highest BCUT2D eigenvalue weighted by Gasteiger charge is 2.26. The van der Waals surface area contributed by atoms with Gasteiger partial charge in [-0.3, -0.25) is 0 Å². The van der Waals surface area contributed by atoms with Gasteiger partial charge < -0.3 is 9.47 Å². The largest absolute Gasteiger partial charge is 0.485 e. The molecule has 2 heterocycles. The maximum Gasteiger partial charge on any atom is 0.192 e. The first-order valence-corrected chi connectivity index (χ1v) is 6.11. The number of halogens is 2. The van der Waals surface area contributed by atoms with Gasteiger partial charge in [0.1, 0.15) is 6.61 Å². The van der Waals surface area contributed by atoms with Crippen molar-refractivity contribution in [1.82, 2.24) is 9.97 Å². The van der Waals surface area contributed by atoms with Crippen LogP contribution in [-0.4, -0.2) is 16.6 Å². The van der Waals surface area contributed by atoms with E-state index in [-0.39, 0.29) is 17.5 Å². The average molecular weight is 281 g/mol. The van der Waals surface area contributed by atoms with Crippen molar-refractivity contribution < 1.29 is 13.9 Å². The van der Waals surface area contributed by atoms with E-state index in [1.807, 2.05) is 18.2 Å². The summed E-state index contributed by atoms with van der Waals surface area (Å²) in [6, 6.07) is 7.31. The van der Waals surface area contributed by atoms with Gasteiger partial charge in [0.15, 0.2) is 34.4 Å². The molecule has 19 heavy (non-hydrogen) atoms. The summed E-state index contributed by atoms with van der Waals surface area (Å²) >= 11 is 5.72. The Balaban J connectivity index is 1.93. The van der Waals surface area contributed by atoms with Gasteiger partial charge >= 0.3 is 0 Å². The molecule has 1 aliphatic heterocycles. The zero-order chi connectivity index (χ0) is 13.4. The van der Waals surface area contributed by atoms with Crippen LogP contribution in [0, 0.1) is 12.7 Å². The Kier molecular flexibility index (Phi) is 2.98. The maximum absolute atomic E-state index is 13.4. The summed E-state index contributed by atoms with van der Waals surface area (Å²) in [7, 11) is 0. The van der Waals surface area contributed by atoms with Crippen molar-refractivity contribution in [3.63, 3.8) is 0 Å². The molecule has 0 spiro atoms. The lowest BCUT2D eigenvalue weighted by Gasteiger charge is -2.25. The molecule has 1 aromatic carbocycles. The number of rotatable bonds is 1. The number of aryl methyl sites for hydroxylation is 1. The summed E-state index contributed by atoms with van der Waals surface area (Å²) in [5.41, 5.74) is 0.192. The second-order valence-electron chi connectivity index (χ2n) is 4.14. The molecule has 98 valence electrons. The van der Waals surface area contributed by atoms with Gasteiger partial charge in [0.25, 0.3) is 0 Å². The lowest BCUT2D eigenvalue weighted by Crippen LogP contribution is -2.24. The smallest absolute Gasteiger partial charge is 0.192 e. The molecule has 0 saturated heterocycles. The van der Waals surface area contributed by atoms with Gasteiger partial charge in [-0.1, -0.05) is 23.7 Å². The second kappa shape index (κ2) is 4.66. The van der Waals surface area contributed by atoms with Crippen LogP contribution in [0.15, 0.2) is 24.3 Å². The Labute approximate surface area is 114 Å². The van der Waals surface area contributed by atoms with Crippen LogP contribution in [0.3, 0.4) is 0 Å². The third kappa shape index (κ3) is 2.21. The number of nitrogens with zero attached hydrogens (tertiary/aromatic N) is 2. The summed E-state index contributed by atoms with van der Waals surface area (Å²) in [6.45, 7) is 1.79. The molecule has 0 N–H and O–H groups in total.